The normalized spacial score (nSPS) is 13.6. The number of halogens is 1. The van der Waals surface area contributed by atoms with Gasteiger partial charge < -0.3 is 24.3 Å². The number of piperazine rings is 1. The van der Waals surface area contributed by atoms with Crippen molar-refractivity contribution in [2.24, 2.45) is 0 Å². The van der Waals surface area contributed by atoms with Crippen molar-refractivity contribution in [1.82, 2.24) is 14.9 Å². The second-order valence-electron chi connectivity index (χ2n) is 10.2. The summed E-state index contributed by atoms with van der Waals surface area (Å²) in [6.07, 6.45) is 1.73. The number of aromatic nitrogens is 2. The van der Waals surface area contributed by atoms with Gasteiger partial charge in [-0.15, -0.1) is 0 Å². The lowest BCUT2D eigenvalue weighted by Crippen LogP contribution is -2.49. The number of H-pyrrole nitrogens is 1. The van der Waals surface area contributed by atoms with Gasteiger partial charge >= 0.3 is 0 Å². The molecule has 2 aromatic heterocycles. The van der Waals surface area contributed by atoms with Gasteiger partial charge in [-0.1, -0.05) is 36.9 Å². The molecule has 1 N–H and O–H groups in total. The molecule has 0 atom stereocenters. The zero-order chi connectivity index (χ0) is 28.7. The molecule has 1 fully saturated rings. The third-order valence-electron chi connectivity index (χ3n) is 7.75. The lowest BCUT2D eigenvalue weighted by molar-refractivity contribution is 0.0741. The highest BCUT2D eigenvalue weighted by Crippen LogP contribution is 2.42. The van der Waals surface area contributed by atoms with E-state index in [9.17, 15) is 4.79 Å². The molecular formula is C33H31FN4O3. The van der Waals surface area contributed by atoms with Gasteiger partial charge in [0, 0.05) is 54.3 Å². The Hall–Kier alpha value is -4.85. The van der Waals surface area contributed by atoms with Crippen molar-refractivity contribution in [1.29, 1.82) is 0 Å². The SMILES string of the molecule is C=C(C)c1cc(-c2ccc3ccccc3c2OC)c2cc(C(=O)N3CCN(c4ncccc4OC)CC3)[nH]c2c1F. The first-order chi connectivity index (χ1) is 19.9. The monoisotopic (exact) mass is 550 g/mol. The van der Waals surface area contributed by atoms with Crippen LogP contribution in [-0.4, -0.2) is 61.2 Å². The molecule has 1 saturated heterocycles. The van der Waals surface area contributed by atoms with Gasteiger partial charge in [-0.05, 0) is 53.8 Å². The van der Waals surface area contributed by atoms with Crippen LogP contribution in [0.25, 0.3) is 38.4 Å². The number of nitrogens with zero attached hydrogens (tertiary/aromatic N) is 3. The summed E-state index contributed by atoms with van der Waals surface area (Å²) in [7, 11) is 3.26. The molecule has 1 aliphatic heterocycles. The number of methoxy groups -OCH3 is 2. The summed E-state index contributed by atoms with van der Waals surface area (Å²) in [6.45, 7) is 7.98. The minimum atomic E-state index is -0.429. The van der Waals surface area contributed by atoms with Gasteiger partial charge in [0.15, 0.2) is 17.4 Å². The lowest BCUT2D eigenvalue weighted by Gasteiger charge is -2.35. The van der Waals surface area contributed by atoms with Crippen LogP contribution in [-0.2, 0) is 0 Å². The minimum absolute atomic E-state index is 0.179. The van der Waals surface area contributed by atoms with E-state index in [1.165, 1.54) is 0 Å². The fourth-order valence-corrected chi connectivity index (χ4v) is 5.65. The number of amides is 1. The number of anilines is 1. The van der Waals surface area contributed by atoms with Crippen molar-refractivity contribution in [3.05, 3.63) is 90.5 Å². The Balaban J connectivity index is 1.38. The molecule has 1 amide bonds. The van der Waals surface area contributed by atoms with E-state index in [-0.39, 0.29) is 11.4 Å². The number of hydrogen-bond donors (Lipinski definition) is 1. The van der Waals surface area contributed by atoms with E-state index in [0.29, 0.717) is 59.9 Å². The van der Waals surface area contributed by atoms with E-state index >= 15 is 4.39 Å². The summed E-state index contributed by atoms with van der Waals surface area (Å²) in [4.78, 5) is 25.1. The molecule has 0 unspecified atom stereocenters. The van der Waals surface area contributed by atoms with Gasteiger partial charge in [-0.25, -0.2) is 9.37 Å². The van der Waals surface area contributed by atoms with Crippen LogP contribution in [0.4, 0.5) is 10.2 Å². The van der Waals surface area contributed by atoms with Crippen molar-refractivity contribution < 1.29 is 18.7 Å². The maximum atomic E-state index is 15.8. The molecule has 0 bridgehead atoms. The summed E-state index contributed by atoms with van der Waals surface area (Å²) in [6, 6.07) is 19.2. The minimum Gasteiger partial charge on any atom is -0.495 e. The predicted octanol–water partition coefficient (Wildman–Crippen LogP) is 6.53. The molecule has 41 heavy (non-hydrogen) atoms. The number of aromatic amines is 1. The number of benzene rings is 3. The quantitative estimate of drug-likeness (QED) is 0.260. The molecular weight excluding hydrogens is 519 g/mol. The number of ether oxygens (including phenoxy) is 2. The Morgan fingerprint density at radius 1 is 0.951 bits per heavy atom. The largest absolute Gasteiger partial charge is 0.495 e. The molecule has 0 aliphatic carbocycles. The summed E-state index contributed by atoms with van der Waals surface area (Å²) >= 11 is 0. The number of fused-ring (bicyclic) bond motifs is 2. The average molecular weight is 551 g/mol. The van der Waals surface area contributed by atoms with Crippen molar-refractivity contribution in [3.8, 4) is 22.6 Å². The number of carbonyl (C=O) groups is 1. The molecule has 5 aromatic rings. The third kappa shape index (κ3) is 4.55. The highest BCUT2D eigenvalue weighted by Gasteiger charge is 2.27. The Kier molecular flexibility index (Phi) is 6.83. The zero-order valence-electron chi connectivity index (χ0n) is 23.3. The number of carbonyl (C=O) groups excluding carboxylic acids is 1. The Labute approximate surface area is 237 Å². The second kappa shape index (κ2) is 10.6. The molecule has 8 heteroatoms. The zero-order valence-corrected chi connectivity index (χ0v) is 23.3. The van der Waals surface area contributed by atoms with Crippen LogP contribution < -0.4 is 14.4 Å². The standard InChI is InChI=1S/C33H31FN4O3/c1-20(2)24-18-25(23-12-11-21-8-5-6-9-22(21)31(23)41-4)26-19-27(36-30(26)29(24)34)33(39)38-16-14-37(15-17-38)32-28(40-3)10-7-13-35-32/h5-13,18-19,36H,1,14-17H2,2-4H3. The van der Waals surface area contributed by atoms with Crippen LogP contribution in [0.15, 0.2) is 73.4 Å². The van der Waals surface area contributed by atoms with Gasteiger partial charge in [0.2, 0.25) is 0 Å². The van der Waals surface area contributed by atoms with Gasteiger partial charge in [0.1, 0.15) is 11.4 Å². The molecule has 0 radical (unpaired) electrons. The predicted molar refractivity (Wildman–Crippen MR) is 161 cm³/mol. The van der Waals surface area contributed by atoms with Gasteiger partial charge in [0.05, 0.1) is 19.7 Å². The topological polar surface area (TPSA) is 70.7 Å². The maximum Gasteiger partial charge on any atom is 0.270 e. The van der Waals surface area contributed by atoms with Crippen LogP contribution in [0.1, 0.15) is 23.0 Å². The molecule has 3 aromatic carbocycles. The molecule has 6 rings (SSSR count). The van der Waals surface area contributed by atoms with E-state index in [2.05, 4.69) is 21.4 Å². The number of rotatable bonds is 6. The second-order valence-corrected chi connectivity index (χ2v) is 10.2. The molecule has 208 valence electrons. The van der Waals surface area contributed by atoms with Crippen LogP contribution in [0, 0.1) is 5.82 Å². The van der Waals surface area contributed by atoms with Gasteiger partial charge in [0.25, 0.3) is 5.91 Å². The first-order valence-electron chi connectivity index (χ1n) is 13.5. The smallest absolute Gasteiger partial charge is 0.270 e. The van der Waals surface area contributed by atoms with Crippen LogP contribution in [0.3, 0.4) is 0 Å². The highest BCUT2D eigenvalue weighted by atomic mass is 19.1. The van der Waals surface area contributed by atoms with Crippen molar-refractivity contribution >= 4 is 39.0 Å². The van der Waals surface area contributed by atoms with E-state index in [1.807, 2.05) is 48.5 Å². The summed E-state index contributed by atoms with van der Waals surface area (Å²) in [5.74, 6) is 1.54. The third-order valence-corrected chi connectivity index (χ3v) is 7.75. The summed E-state index contributed by atoms with van der Waals surface area (Å²) < 4.78 is 27.2. The van der Waals surface area contributed by atoms with Crippen molar-refractivity contribution in [3.63, 3.8) is 0 Å². The summed E-state index contributed by atoms with van der Waals surface area (Å²) in [5, 5.41) is 2.61. The first-order valence-corrected chi connectivity index (χ1v) is 13.5. The maximum absolute atomic E-state index is 15.8. The van der Waals surface area contributed by atoms with Crippen molar-refractivity contribution in [2.75, 3.05) is 45.3 Å². The average Bonchev–Trinajstić information content (AvgIpc) is 3.46. The Morgan fingerprint density at radius 3 is 2.46 bits per heavy atom. The van der Waals surface area contributed by atoms with Crippen LogP contribution in [0.5, 0.6) is 11.5 Å². The van der Waals surface area contributed by atoms with E-state index in [4.69, 9.17) is 9.47 Å². The highest BCUT2D eigenvalue weighted by molar-refractivity contribution is 6.07. The fourth-order valence-electron chi connectivity index (χ4n) is 5.65. The fraction of sp³-hybridized carbons (Fsp3) is 0.212. The van der Waals surface area contributed by atoms with Gasteiger partial charge in [-0.2, -0.15) is 0 Å². The molecule has 0 saturated carbocycles. The van der Waals surface area contributed by atoms with Gasteiger partial charge in [-0.3, -0.25) is 4.79 Å². The number of nitrogens with one attached hydrogen (secondary N) is 1. The lowest BCUT2D eigenvalue weighted by atomic mass is 9.93. The molecule has 7 nitrogen and oxygen atoms in total. The molecule has 3 heterocycles. The molecule has 0 spiro atoms. The van der Waals surface area contributed by atoms with E-state index < -0.39 is 5.82 Å². The first kappa shape index (κ1) is 26.4. The van der Waals surface area contributed by atoms with E-state index in [1.54, 1.807) is 44.4 Å². The number of allylic oxidation sites excluding steroid dienone is 1. The number of pyridine rings is 1. The van der Waals surface area contributed by atoms with Crippen LogP contribution >= 0.6 is 0 Å². The Bertz CT molecular complexity index is 1800. The van der Waals surface area contributed by atoms with Crippen molar-refractivity contribution in [2.45, 2.75) is 6.92 Å². The Morgan fingerprint density at radius 2 is 1.73 bits per heavy atom. The molecule has 1 aliphatic rings. The van der Waals surface area contributed by atoms with E-state index in [0.717, 1.165) is 27.7 Å². The summed E-state index contributed by atoms with van der Waals surface area (Å²) in [5.41, 5.74) is 3.17. The number of hydrogen-bond acceptors (Lipinski definition) is 5. The van der Waals surface area contributed by atoms with Crippen LogP contribution in [0.2, 0.25) is 0 Å².